The Kier molecular flexibility index (Phi) is 2.86. The highest BCUT2D eigenvalue weighted by molar-refractivity contribution is 6.35. The molecular formula is C10H12Cl2N2. The highest BCUT2D eigenvalue weighted by Crippen LogP contribution is 2.32. The van der Waals surface area contributed by atoms with E-state index in [-0.39, 0.29) is 0 Å². The highest BCUT2D eigenvalue weighted by Gasteiger charge is 2.33. The van der Waals surface area contributed by atoms with Crippen molar-refractivity contribution in [2.45, 2.75) is 6.04 Å². The first-order chi connectivity index (χ1) is 6.70. The van der Waals surface area contributed by atoms with Crippen molar-refractivity contribution in [3.05, 3.63) is 28.2 Å². The topological polar surface area (TPSA) is 15.0 Å². The van der Waals surface area contributed by atoms with Gasteiger partial charge in [0.1, 0.15) is 0 Å². The Morgan fingerprint density at radius 3 is 2.57 bits per heavy atom. The molecule has 1 heterocycles. The molecule has 76 valence electrons. The monoisotopic (exact) mass is 230 g/mol. The molecule has 1 atom stereocenters. The Bertz CT molecular complexity index is 321. The number of hydrogen-bond donors (Lipinski definition) is 1. The molecule has 0 saturated carbocycles. The van der Waals surface area contributed by atoms with Crippen molar-refractivity contribution in [1.82, 2.24) is 5.32 Å². The maximum atomic E-state index is 5.92. The molecule has 1 saturated heterocycles. The van der Waals surface area contributed by atoms with E-state index >= 15 is 0 Å². The standard InChI is InChI=1S/C10H12Cl2N2/c1-13-5-10-6-14(10)9-3-7(11)2-8(12)4-9/h2-4,10,13H,5-6H2,1H3. The first-order valence-electron chi connectivity index (χ1n) is 4.58. The number of likely N-dealkylation sites (N-methyl/N-ethyl adjacent to an activating group) is 1. The molecule has 1 aromatic rings. The molecule has 1 aliphatic rings. The third-order valence-electron chi connectivity index (χ3n) is 2.33. The van der Waals surface area contributed by atoms with Crippen LogP contribution in [-0.4, -0.2) is 26.2 Å². The van der Waals surface area contributed by atoms with Crippen LogP contribution in [-0.2, 0) is 0 Å². The minimum absolute atomic E-state index is 0.592. The van der Waals surface area contributed by atoms with Crippen LogP contribution in [0.4, 0.5) is 5.69 Å². The van der Waals surface area contributed by atoms with Gasteiger partial charge in [0.25, 0.3) is 0 Å². The summed E-state index contributed by atoms with van der Waals surface area (Å²) in [6, 6.07) is 6.24. The highest BCUT2D eigenvalue weighted by atomic mass is 35.5. The fraction of sp³-hybridized carbons (Fsp3) is 0.400. The first-order valence-corrected chi connectivity index (χ1v) is 5.33. The zero-order chi connectivity index (χ0) is 10.1. The number of nitrogens with one attached hydrogen (secondary N) is 1. The minimum atomic E-state index is 0.592. The largest absolute Gasteiger partial charge is 0.363 e. The van der Waals surface area contributed by atoms with Crippen LogP contribution in [0.2, 0.25) is 10.0 Å². The molecule has 1 unspecified atom stereocenters. The van der Waals surface area contributed by atoms with Crippen molar-refractivity contribution in [2.24, 2.45) is 0 Å². The summed E-state index contributed by atoms with van der Waals surface area (Å²) >= 11 is 11.8. The lowest BCUT2D eigenvalue weighted by atomic mass is 10.3. The van der Waals surface area contributed by atoms with Crippen LogP contribution < -0.4 is 10.2 Å². The van der Waals surface area contributed by atoms with Crippen molar-refractivity contribution in [1.29, 1.82) is 0 Å². The van der Waals surface area contributed by atoms with E-state index in [2.05, 4.69) is 10.2 Å². The Hall–Kier alpha value is -0.440. The number of halogens is 2. The van der Waals surface area contributed by atoms with Gasteiger partial charge in [-0.25, -0.2) is 0 Å². The predicted molar refractivity (Wildman–Crippen MR) is 61.5 cm³/mol. The fourth-order valence-electron chi connectivity index (χ4n) is 1.61. The van der Waals surface area contributed by atoms with Crippen LogP contribution >= 0.6 is 23.2 Å². The number of rotatable bonds is 3. The molecule has 0 spiro atoms. The van der Waals surface area contributed by atoms with Gasteiger partial charge in [0.05, 0.1) is 6.04 Å². The number of hydrogen-bond acceptors (Lipinski definition) is 2. The molecule has 0 aromatic heterocycles. The summed E-state index contributed by atoms with van der Waals surface area (Å²) in [6.07, 6.45) is 0. The summed E-state index contributed by atoms with van der Waals surface area (Å²) < 4.78 is 0. The lowest BCUT2D eigenvalue weighted by molar-refractivity contribution is 0.791. The average Bonchev–Trinajstić information content (AvgIpc) is 2.82. The van der Waals surface area contributed by atoms with Gasteiger partial charge in [-0.3, -0.25) is 0 Å². The normalized spacial score (nSPS) is 19.9. The summed E-state index contributed by atoms with van der Waals surface area (Å²) in [5.74, 6) is 0. The molecule has 1 aromatic carbocycles. The van der Waals surface area contributed by atoms with Gasteiger partial charge in [-0.15, -0.1) is 0 Å². The lowest BCUT2D eigenvalue weighted by Gasteiger charge is -2.06. The molecule has 0 amide bonds. The SMILES string of the molecule is CNCC1CN1c1cc(Cl)cc(Cl)c1. The predicted octanol–water partition coefficient (Wildman–Crippen LogP) is 2.40. The molecule has 1 N–H and O–H groups in total. The van der Waals surface area contributed by atoms with E-state index in [4.69, 9.17) is 23.2 Å². The maximum absolute atomic E-state index is 5.92. The molecule has 0 aliphatic carbocycles. The quantitative estimate of drug-likeness (QED) is 0.803. The van der Waals surface area contributed by atoms with Crippen LogP contribution in [0, 0.1) is 0 Å². The van der Waals surface area contributed by atoms with E-state index in [0.717, 1.165) is 18.8 Å². The van der Waals surface area contributed by atoms with Crippen LogP contribution in [0.5, 0.6) is 0 Å². The molecule has 0 bridgehead atoms. The van der Waals surface area contributed by atoms with E-state index in [1.54, 1.807) is 6.07 Å². The van der Waals surface area contributed by atoms with Crippen LogP contribution in [0.15, 0.2) is 18.2 Å². The molecule has 2 nitrogen and oxygen atoms in total. The van der Waals surface area contributed by atoms with E-state index in [1.165, 1.54) is 0 Å². The van der Waals surface area contributed by atoms with Crippen molar-refractivity contribution in [3.63, 3.8) is 0 Å². The molecular weight excluding hydrogens is 219 g/mol. The summed E-state index contributed by atoms with van der Waals surface area (Å²) in [7, 11) is 1.96. The second-order valence-electron chi connectivity index (χ2n) is 3.49. The Labute approximate surface area is 93.8 Å². The van der Waals surface area contributed by atoms with Crippen molar-refractivity contribution in [2.75, 3.05) is 25.0 Å². The molecule has 14 heavy (non-hydrogen) atoms. The van der Waals surface area contributed by atoms with E-state index < -0.39 is 0 Å². The number of benzene rings is 1. The Morgan fingerprint density at radius 1 is 1.36 bits per heavy atom. The molecule has 1 fully saturated rings. The number of anilines is 1. The number of nitrogens with zero attached hydrogens (tertiary/aromatic N) is 1. The molecule has 1 aliphatic heterocycles. The average molecular weight is 231 g/mol. The zero-order valence-electron chi connectivity index (χ0n) is 7.93. The zero-order valence-corrected chi connectivity index (χ0v) is 9.44. The van der Waals surface area contributed by atoms with E-state index in [1.807, 2.05) is 19.2 Å². The van der Waals surface area contributed by atoms with Crippen LogP contribution in [0.3, 0.4) is 0 Å². The van der Waals surface area contributed by atoms with Crippen molar-refractivity contribution >= 4 is 28.9 Å². The Balaban J connectivity index is 2.11. The maximum Gasteiger partial charge on any atom is 0.0590 e. The summed E-state index contributed by atoms with van der Waals surface area (Å²) in [5, 5.41) is 4.54. The summed E-state index contributed by atoms with van der Waals surface area (Å²) in [5.41, 5.74) is 1.11. The van der Waals surface area contributed by atoms with Gasteiger partial charge < -0.3 is 10.2 Å². The van der Waals surface area contributed by atoms with E-state index in [9.17, 15) is 0 Å². The third-order valence-corrected chi connectivity index (χ3v) is 2.77. The van der Waals surface area contributed by atoms with Crippen molar-refractivity contribution < 1.29 is 0 Å². The van der Waals surface area contributed by atoms with Gasteiger partial charge in [-0.2, -0.15) is 0 Å². The van der Waals surface area contributed by atoms with Crippen molar-refractivity contribution in [3.8, 4) is 0 Å². The van der Waals surface area contributed by atoms with E-state index in [0.29, 0.717) is 16.1 Å². The second kappa shape index (κ2) is 3.97. The second-order valence-corrected chi connectivity index (χ2v) is 4.36. The van der Waals surface area contributed by atoms with Gasteiger partial charge in [-0.05, 0) is 25.2 Å². The third kappa shape index (κ3) is 2.14. The summed E-state index contributed by atoms with van der Waals surface area (Å²) in [4.78, 5) is 2.27. The lowest BCUT2D eigenvalue weighted by Crippen LogP contribution is -2.17. The molecule has 0 radical (unpaired) electrons. The fourth-order valence-corrected chi connectivity index (χ4v) is 2.13. The van der Waals surface area contributed by atoms with Gasteiger partial charge in [0.2, 0.25) is 0 Å². The Morgan fingerprint density at radius 2 is 2.00 bits per heavy atom. The van der Waals surface area contributed by atoms with Gasteiger partial charge in [-0.1, -0.05) is 23.2 Å². The van der Waals surface area contributed by atoms with Gasteiger partial charge in [0, 0.05) is 28.8 Å². The first kappa shape index (κ1) is 10.1. The molecule has 2 rings (SSSR count). The van der Waals surface area contributed by atoms with Crippen LogP contribution in [0.1, 0.15) is 0 Å². The van der Waals surface area contributed by atoms with Gasteiger partial charge >= 0.3 is 0 Å². The van der Waals surface area contributed by atoms with Gasteiger partial charge in [0.15, 0.2) is 0 Å². The van der Waals surface area contributed by atoms with Crippen LogP contribution in [0.25, 0.3) is 0 Å². The smallest absolute Gasteiger partial charge is 0.0590 e. The molecule has 4 heteroatoms. The minimum Gasteiger partial charge on any atom is -0.363 e. The summed E-state index contributed by atoms with van der Waals surface area (Å²) in [6.45, 7) is 2.08.